The van der Waals surface area contributed by atoms with Crippen LogP contribution < -0.4 is 5.32 Å². The molecule has 0 bridgehead atoms. The average Bonchev–Trinajstić information content (AvgIpc) is 2.19. The van der Waals surface area contributed by atoms with E-state index in [2.05, 4.69) is 19.2 Å². The van der Waals surface area contributed by atoms with Crippen molar-refractivity contribution in [3.05, 3.63) is 35.4 Å². The van der Waals surface area contributed by atoms with Gasteiger partial charge in [0, 0.05) is 18.2 Å². The molecule has 1 aromatic carbocycles. The lowest BCUT2D eigenvalue weighted by Gasteiger charge is -2.17. The van der Waals surface area contributed by atoms with Crippen molar-refractivity contribution in [1.29, 1.82) is 0 Å². The molecule has 0 radical (unpaired) electrons. The Bertz CT molecular complexity index is 323. The maximum absolute atomic E-state index is 13.2. The van der Waals surface area contributed by atoms with Crippen molar-refractivity contribution in [3.8, 4) is 0 Å². The third kappa shape index (κ3) is 3.27. The van der Waals surface area contributed by atoms with Crippen molar-refractivity contribution in [3.63, 3.8) is 0 Å². The molecule has 0 spiro atoms. The van der Waals surface area contributed by atoms with Crippen LogP contribution in [-0.2, 0) is 6.54 Å². The smallest absolute Gasteiger partial charge is 0.163 e. The Kier molecular flexibility index (Phi) is 4.21. The molecular weight excluding hydrogens is 196 g/mol. The summed E-state index contributed by atoms with van der Waals surface area (Å²) in [6.07, 6.45) is 0. The van der Waals surface area contributed by atoms with Crippen LogP contribution in [0.2, 0.25) is 0 Å². The molecule has 84 valence electrons. The fraction of sp³-hybridized carbons (Fsp3) is 0.500. The zero-order chi connectivity index (χ0) is 11.4. The van der Waals surface area contributed by atoms with Gasteiger partial charge in [-0.25, -0.2) is 8.78 Å². The Labute approximate surface area is 89.5 Å². The molecule has 1 nitrogen and oxygen atoms in total. The van der Waals surface area contributed by atoms with Gasteiger partial charge in [0.15, 0.2) is 11.6 Å². The maximum Gasteiger partial charge on any atom is 0.163 e. The lowest BCUT2D eigenvalue weighted by Crippen LogP contribution is -2.30. The van der Waals surface area contributed by atoms with Gasteiger partial charge in [-0.2, -0.15) is 0 Å². The molecule has 0 aliphatic heterocycles. The topological polar surface area (TPSA) is 12.0 Å². The van der Waals surface area contributed by atoms with E-state index < -0.39 is 11.6 Å². The van der Waals surface area contributed by atoms with Gasteiger partial charge in [0.1, 0.15) is 0 Å². The summed E-state index contributed by atoms with van der Waals surface area (Å²) in [6, 6.07) is 4.53. The first-order chi connectivity index (χ1) is 7.02. The first-order valence-corrected chi connectivity index (χ1v) is 5.18. The summed E-state index contributed by atoms with van der Waals surface area (Å²) in [6.45, 7) is 6.56. The summed E-state index contributed by atoms with van der Waals surface area (Å²) >= 11 is 0. The summed E-state index contributed by atoms with van der Waals surface area (Å²) in [7, 11) is 0. The molecule has 0 aromatic heterocycles. The largest absolute Gasteiger partial charge is 0.310 e. The fourth-order valence-corrected chi connectivity index (χ4v) is 1.19. The normalized spacial score (nSPS) is 13.2. The van der Waals surface area contributed by atoms with E-state index in [1.807, 2.05) is 6.92 Å². The number of nitrogens with one attached hydrogen (secondary N) is 1. The minimum atomic E-state index is -0.786. The molecule has 0 saturated heterocycles. The molecule has 0 unspecified atom stereocenters. The van der Waals surface area contributed by atoms with Crippen molar-refractivity contribution in [2.75, 3.05) is 0 Å². The Morgan fingerprint density at radius 2 is 1.87 bits per heavy atom. The summed E-state index contributed by atoms with van der Waals surface area (Å²) in [4.78, 5) is 0. The van der Waals surface area contributed by atoms with Crippen LogP contribution in [0.25, 0.3) is 0 Å². The average molecular weight is 213 g/mol. The van der Waals surface area contributed by atoms with Gasteiger partial charge in [0.05, 0.1) is 0 Å². The zero-order valence-corrected chi connectivity index (χ0v) is 9.35. The predicted octanol–water partition coefficient (Wildman–Crippen LogP) is 3.10. The van der Waals surface area contributed by atoms with E-state index in [9.17, 15) is 8.78 Å². The van der Waals surface area contributed by atoms with Crippen molar-refractivity contribution in [2.45, 2.75) is 33.4 Å². The molecule has 1 rings (SSSR count). The first-order valence-electron chi connectivity index (χ1n) is 5.18. The Hall–Kier alpha value is -0.960. The van der Waals surface area contributed by atoms with Gasteiger partial charge in [0.2, 0.25) is 0 Å². The van der Waals surface area contributed by atoms with E-state index in [0.29, 0.717) is 18.0 Å². The van der Waals surface area contributed by atoms with Crippen LogP contribution >= 0.6 is 0 Å². The van der Waals surface area contributed by atoms with Crippen LogP contribution in [0.15, 0.2) is 18.2 Å². The third-order valence-electron chi connectivity index (χ3n) is 2.65. The minimum absolute atomic E-state index is 0.285. The monoisotopic (exact) mass is 213 g/mol. The van der Waals surface area contributed by atoms with E-state index >= 15 is 0 Å². The van der Waals surface area contributed by atoms with Gasteiger partial charge >= 0.3 is 0 Å². The number of hydrogen-bond donors (Lipinski definition) is 1. The molecule has 0 aliphatic carbocycles. The second kappa shape index (κ2) is 5.21. The van der Waals surface area contributed by atoms with Crippen LogP contribution in [0.3, 0.4) is 0 Å². The van der Waals surface area contributed by atoms with Crippen molar-refractivity contribution in [1.82, 2.24) is 5.32 Å². The highest BCUT2D eigenvalue weighted by molar-refractivity contribution is 5.18. The lowest BCUT2D eigenvalue weighted by atomic mass is 10.1. The molecule has 3 heteroatoms. The molecule has 1 atom stereocenters. The molecule has 1 N–H and O–H groups in total. The predicted molar refractivity (Wildman–Crippen MR) is 57.5 cm³/mol. The van der Waals surface area contributed by atoms with Crippen LogP contribution in [0.4, 0.5) is 8.78 Å². The lowest BCUT2D eigenvalue weighted by molar-refractivity contribution is 0.417. The Morgan fingerprint density at radius 1 is 1.20 bits per heavy atom. The van der Waals surface area contributed by atoms with E-state index in [-0.39, 0.29) is 6.04 Å². The van der Waals surface area contributed by atoms with Crippen LogP contribution in [-0.4, -0.2) is 6.04 Å². The molecule has 0 fully saturated rings. The van der Waals surface area contributed by atoms with E-state index in [4.69, 9.17) is 0 Å². The fourth-order valence-electron chi connectivity index (χ4n) is 1.19. The maximum atomic E-state index is 13.2. The third-order valence-corrected chi connectivity index (χ3v) is 2.65. The summed E-state index contributed by atoms with van der Waals surface area (Å²) in [5, 5.41) is 3.16. The molecule has 0 saturated carbocycles. The van der Waals surface area contributed by atoms with E-state index in [1.165, 1.54) is 6.07 Å². The number of rotatable bonds is 4. The van der Waals surface area contributed by atoms with Gasteiger partial charge in [-0.1, -0.05) is 26.0 Å². The molecule has 1 aromatic rings. The highest BCUT2D eigenvalue weighted by atomic mass is 19.2. The van der Waals surface area contributed by atoms with Gasteiger partial charge in [0.25, 0.3) is 0 Å². The number of hydrogen-bond acceptors (Lipinski definition) is 1. The quantitative estimate of drug-likeness (QED) is 0.810. The van der Waals surface area contributed by atoms with Gasteiger partial charge in [-0.3, -0.25) is 0 Å². The van der Waals surface area contributed by atoms with E-state index in [0.717, 1.165) is 6.07 Å². The zero-order valence-electron chi connectivity index (χ0n) is 9.35. The minimum Gasteiger partial charge on any atom is -0.310 e. The van der Waals surface area contributed by atoms with E-state index in [1.54, 1.807) is 6.07 Å². The summed E-state index contributed by atoms with van der Waals surface area (Å²) in [5.74, 6) is -1.06. The summed E-state index contributed by atoms with van der Waals surface area (Å²) in [5.41, 5.74) is 0.377. The van der Waals surface area contributed by atoms with Crippen molar-refractivity contribution < 1.29 is 8.78 Å². The van der Waals surface area contributed by atoms with Crippen LogP contribution in [0.5, 0.6) is 0 Å². The Balaban J connectivity index is 2.62. The highest BCUT2D eigenvalue weighted by Crippen LogP contribution is 2.11. The van der Waals surface area contributed by atoms with Crippen LogP contribution in [0, 0.1) is 17.6 Å². The van der Waals surface area contributed by atoms with Crippen molar-refractivity contribution >= 4 is 0 Å². The van der Waals surface area contributed by atoms with Gasteiger partial charge in [-0.05, 0) is 18.9 Å². The number of halogens is 2. The van der Waals surface area contributed by atoms with Crippen molar-refractivity contribution in [2.24, 2.45) is 5.92 Å². The number of benzene rings is 1. The molecular formula is C12H17F2N. The second-order valence-electron chi connectivity index (χ2n) is 4.13. The second-order valence-corrected chi connectivity index (χ2v) is 4.13. The van der Waals surface area contributed by atoms with Gasteiger partial charge in [-0.15, -0.1) is 0 Å². The SMILES string of the molecule is CC(C)[C@H](C)NCc1cccc(F)c1F. The van der Waals surface area contributed by atoms with Crippen LogP contribution in [0.1, 0.15) is 26.3 Å². The molecule has 15 heavy (non-hydrogen) atoms. The highest BCUT2D eigenvalue weighted by Gasteiger charge is 2.10. The standard InChI is InChI=1S/C12H17F2N/c1-8(2)9(3)15-7-10-5-4-6-11(13)12(10)14/h4-6,8-9,15H,7H2,1-3H3/t9-/m0/s1. The summed E-state index contributed by atoms with van der Waals surface area (Å²) < 4.78 is 26.1. The molecule has 0 aliphatic rings. The first kappa shape index (κ1) is 12.1. The molecule has 0 heterocycles. The molecule has 0 amide bonds. The van der Waals surface area contributed by atoms with Gasteiger partial charge < -0.3 is 5.32 Å². The Morgan fingerprint density at radius 3 is 2.47 bits per heavy atom.